The van der Waals surface area contributed by atoms with Gasteiger partial charge in [0, 0.05) is 5.02 Å². The molecule has 104 valence electrons. The van der Waals surface area contributed by atoms with Crippen molar-refractivity contribution in [2.24, 2.45) is 0 Å². The first-order valence-corrected chi connectivity index (χ1v) is 6.69. The summed E-state index contributed by atoms with van der Waals surface area (Å²) >= 11 is 5.94. The number of methoxy groups -OCH3 is 1. The molecule has 2 aromatic carbocycles. The maximum Gasteiger partial charge on any atom is 0.255 e. The Labute approximate surface area is 123 Å². The Kier molecular flexibility index (Phi) is 4.64. The quantitative estimate of drug-likeness (QED) is 0.929. The van der Waals surface area contributed by atoms with Gasteiger partial charge in [0.25, 0.3) is 5.91 Å². The topological polar surface area (TPSA) is 38.3 Å². The van der Waals surface area contributed by atoms with E-state index in [1.807, 2.05) is 37.3 Å². The van der Waals surface area contributed by atoms with Crippen molar-refractivity contribution in [1.29, 1.82) is 0 Å². The molecule has 0 aliphatic heterocycles. The number of hydrogen-bond acceptors (Lipinski definition) is 2. The molecule has 1 N–H and O–H groups in total. The molecule has 0 spiro atoms. The molecule has 2 rings (SSSR count). The lowest BCUT2D eigenvalue weighted by molar-refractivity contribution is 0.0937. The van der Waals surface area contributed by atoms with Crippen LogP contribution in [-0.4, -0.2) is 13.0 Å². The summed E-state index contributed by atoms with van der Waals surface area (Å²) in [4.78, 5) is 12.3. The van der Waals surface area contributed by atoms with Crippen LogP contribution in [0.25, 0.3) is 0 Å². The molecule has 20 heavy (non-hydrogen) atoms. The molecular weight excluding hydrogens is 274 g/mol. The predicted molar refractivity (Wildman–Crippen MR) is 80.3 cm³/mol. The number of nitrogens with one attached hydrogen (secondary N) is 1. The fourth-order valence-electron chi connectivity index (χ4n) is 1.96. The van der Waals surface area contributed by atoms with Gasteiger partial charge in [-0.15, -0.1) is 0 Å². The van der Waals surface area contributed by atoms with Gasteiger partial charge in [-0.1, -0.05) is 41.9 Å². The minimum atomic E-state index is -0.208. The highest BCUT2D eigenvalue weighted by atomic mass is 35.5. The Morgan fingerprint density at radius 1 is 1.20 bits per heavy atom. The Balaban J connectivity index is 2.18. The standard InChI is InChI=1S/C16H16ClNO2/c1-11(12-6-4-3-5-7-12)18-16(19)14-10-13(17)8-9-15(14)20-2/h3-11H,1-2H3,(H,18,19). The van der Waals surface area contributed by atoms with E-state index in [-0.39, 0.29) is 11.9 Å². The molecule has 4 heteroatoms. The van der Waals surface area contributed by atoms with Gasteiger partial charge in [0.2, 0.25) is 0 Å². The zero-order chi connectivity index (χ0) is 14.5. The summed E-state index contributed by atoms with van der Waals surface area (Å²) in [7, 11) is 1.53. The minimum absolute atomic E-state index is 0.0904. The molecule has 0 radical (unpaired) electrons. The van der Waals surface area contributed by atoms with Gasteiger partial charge in [-0.25, -0.2) is 0 Å². The first-order valence-electron chi connectivity index (χ1n) is 6.31. The molecule has 3 nitrogen and oxygen atoms in total. The van der Waals surface area contributed by atoms with Crippen LogP contribution in [0.1, 0.15) is 28.9 Å². The Morgan fingerprint density at radius 3 is 2.55 bits per heavy atom. The third-order valence-electron chi connectivity index (χ3n) is 3.05. The van der Waals surface area contributed by atoms with E-state index in [2.05, 4.69) is 5.32 Å². The fourth-order valence-corrected chi connectivity index (χ4v) is 2.13. The van der Waals surface area contributed by atoms with Crippen LogP contribution in [0.4, 0.5) is 0 Å². The zero-order valence-electron chi connectivity index (χ0n) is 11.4. The van der Waals surface area contributed by atoms with E-state index >= 15 is 0 Å². The molecule has 0 saturated heterocycles. The van der Waals surface area contributed by atoms with Gasteiger partial charge in [0.05, 0.1) is 18.7 Å². The highest BCUT2D eigenvalue weighted by molar-refractivity contribution is 6.31. The van der Waals surface area contributed by atoms with Gasteiger partial charge in [0.15, 0.2) is 0 Å². The summed E-state index contributed by atoms with van der Waals surface area (Å²) in [6, 6.07) is 14.7. The van der Waals surface area contributed by atoms with Crippen LogP contribution in [0.2, 0.25) is 5.02 Å². The summed E-state index contributed by atoms with van der Waals surface area (Å²) < 4.78 is 5.19. The van der Waals surface area contributed by atoms with Crippen molar-refractivity contribution >= 4 is 17.5 Å². The van der Waals surface area contributed by atoms with Gasteiger partial charge in [-0.2, -0.15) is 0 Å². The number of benzene rings is 2. The molecule has 0 aromatic heterocycles. The predicted octanol–water partition coefficient (Wildman–Crippen LogP) is 3.84. The Bertz CT molecular complexity index is 599. The van der Waals surface area contributed by atoms with E-state index in [9.17, 15) is 4.79 Å². The number of hydrogen-bond donors (Lipinski definition) is 1. The van der Waals surface area contributed by atoms with Crippen LogP contribution in [-0.2, 0) is 0 Å². The van der Waals surface area contributed by atoms with Gasteiger partial charge in [-0.3, -0.25) is 4.79 Å². The van der Waals surface area contributed by atoms with E-state index in [4.69, 9.17) is 16.3 Å². The van der Waals surface area contributed by atoms with Crippen molar-refractivity contribution in [3.05, 3.63) is 64.7 Å². The molecule has 0 aliphatic carbocycles. The molecule has 1 atom stereocenters. The number of rotatable bonds is 4. The molecule has 1 amide bonds. The number of amides is 1. The highest BCUT2D eigenvalue weighted by Crippen LogP contribution is 2.23. The first kappa shape index (κ1) is 14.4. The Hall–Kier alpha value is -2.00. The molecule has 0 fully saturated rings. The second-order valence-electron chi connectivity index (χ2n) is 4.45. The third kappa shape index (κ3) is 3.31. The van der Waals surface area contributed by atoms with Gasteiger partial charge in [0.1, 0.15) is 5.75 Å². The maximum atomic E-state index is 12.3. The van der Waals surface area contributed by atoms with Crippen LogP contribution < -0.4 is 10.1 Å². The average molecular weight is 290 g/mol. The zero-order valence-corrected chi connectivity index (χ0v) is 12.1. The highest BCUT2D eigenvalue weighted by Gasteiger charge is 2.15. The monoisotopic (exact) mass is 289 g/mol. The van der Waals surface area contributed by atoms with Gasteiger partial charge in [-0.05, 0) is 30.7 Å². The van der Waals surface area contributed by atoms with E-state index in [1.54, 1.807) is 18.2 Å². The molecule has 0 heterocycles. The SMILES string of the molecule is COc1ccc(Cl)cc1C(=O)NC(C)c1ccccc1. The molecule has 0 saturated carbocycles. The molecule has 0 aliphatic rings. The number of ether oxygens (including phenoxy) is 1. The van der Waals surface area contributed by atoms with Crippen molar-refractivity contribution in [3.63, 3.8) is 0 Å². The largest absolute Gasteiger partial charge is 0.496 e. The van der Waals surface area contributed by atoms with Crippen LogP contribution in [0.3, 0.4) is 0 Å². The lowest BCUT2D eigenvalue weighted by Gasteiger charge is -2.15. The second kappa shape index (κ2) is 6.44. The molecule has 1 unspecified atom stereocenters. The van der Waals surface area contributed by atoms with Crippen LogP contribution in [0, 0.1) is 0 Å². The second-order valence-corrected chi connectivity index (χ2v) is 4.89. The first-order chi connectivity index (χ1) is 9.61. The van der Waals surface area contributed by atoms with E-state index < -0.39 is 0 Å². The van der Waals surface area contributed by atoms with Crippen molar-refractivity contribution < 1.29 is 9.53 Å². The summed E-state index contributed by atoms with van der Waals surface area (Å²) in [5.74, 6) is 0.299. The average Bonchev–Trinajstić information content (AvgIpc) is 2.48. The summed E-state index contributed by atoms with van der Waals surface area (Å²) in [5, 5.41) is 3.44. The normalized spacial score (nSPS) is 11.8. The lowest BCUT2D eigenvalue weighted by Crippen LogP contribution is -2.27. The van der Waals surface area contributed by atoms with Crippen molar-refractivity contribution in [3.8, 4) is 5.75 Å². The number of carbonyl (C=O) groups excluding carboxylic acids is 1. The van der Waals surface area contributed by atoms with Crippen molar-refractivity contribution in [1.82, 2.24) is 5.32 Å². The molecule has 0 bridgehead atoms. The number of carbonyl (C=O) groups is 1. The van der Waals surface area contributed by atoms with E-state index in [1.165, 1.54) is 7.11 Å². The number of halogens is 1. The molecular formula is C16H16ClNO2. The van der Waals surface area contributed by atoms with Crippen molar-refractivity contribution in [2.45, 2.75) is 13.0 Å². The minimum Gasteiger partial charge on any atom is -0.496 e. The van der Waals surface area contributed by atoms with E-state index in [0.717, 1.165) is 5.56 Å². The fraction of sp³-hybridized carbons (Fsp3) is 0.188. The van der Waals surface area contributed by atoms with Crippen molar-refractivity contribution in [2.75, 3.05) is 7.11 Å². The lowest BCUT2D eigenvalue weighted by atomic mass is 10.1. The van der Waals surface area contributed by atoms with Crippen LogP contribution in [0.5, 0.6) is 5.75 Å². The summed E-state index contributed by atoms with van der Waals surface area (Å²) in [5.41, 5.74) is 1.48. The summed E-state index contributed by atoms with van der Waals surface area (Å²) in [6.07, 6.45) is 0. The summed E-state index contributed by atoms with van der Waals surface area (Å²) in [6.45, 7) is 1.93. The maximum absolute atomic E-state index is 12.3. The smallest absolute Gasteiger partial charge is 0.255 e. The molecule has 2 aromatic rings. The van der Waals surface area contributed by atoms with Gasteiger partial charge < -0.3 is 10.1 Å². The van der Waals surface area contributed by atoms with Gasteiger partial charge >= 0.3 is 0 Å². The van der Waals surface area contributed by atoms with Crippen LogP contribution >= 0.6 is 11.6 Å². The Morgan fingerprint density at radius 2 is 1.90 bits per heavy atom. The van der Waals surface area contributed by atoms with Crippen LogP contribution in [0.15, 0.2) is 48.5 Å². The van der Waals surface area contributed by atoms with E-state index in [0.29, 0.717) is 16.3 Å². The third-order valence-corrected chi connectivity index (χ3v) is 3.29.